The van der Waals surface area contributed by atoms with Crippen molar-refractivity contribution >= 4 is 5.97 Å². The van der Waals surface area contributed by atoms with Gasteiger partial charge in [-0.15, -0.1) is 0 Å². The van der Waals surface area contributed by atoms with Crippen LogP contribution in [0.15, 0.2) is 11.6 Å². The predicted molar refractivity (Wildman–Crippen MR) is 142 cm³/mol. The minimum absolute atomic E-state index is 0.0226. The van der Waals surface area contributed by atoms with E-state index < -0.39 is 0 Å². The van der Waals surface area contributed by atoms with Gasteiger partial charge in [-0.25, -0.2) is 0 Å². The summed E-state index contributed by atoms with van der Waals surface area (Å²) in [4.78, 5) is 13.5. The van der Waals surface area contributed by atoms with E-state index in [1.165, 1.54) is 12.8 Å². The van der Waals surface area contributed by atoms with Crippen LogP contribution < -0.4 is 0 Å². The van der Waals surface area contributed by atoms with Crippen LogP contribution in [-0.4, -0.2) is 24.3 Å². The first kappa shape index (κ1) is 25.8. The molecule has 0 heterocycles. The number of methoxy groups -OCH3 is 1. The molecule has 35 heavy (non-hydrogen) atoms. The van der Waals surface area contributed by atoms with Crippen LogP contribution in [0.5, 0.6) is 0 Å². The van der Waals surface area contributed by atoms with Gasteiger partial charge < -0.3 is 9.84 Å². The van der Waals surface area contributed by atoms with E-state index in [4.69, 9.17) is 4.74 Å². The van der Waals surface area contributed by atoms with Crippen molar-refractivity contribution in [1.82, 2.24) is 0 Å². The first-order valence-corrected chi connectivity index (χ1v) is 14.5. The molecule has 0 bridgehead atoms. The molecule has 0 spiro atoms. The summed E-state index contributed by atoms with van der Waals surface area (Å²) in [7, 11) is 1.60. The van der Waals surface area contributed by atoms with Gasteiger partial charge in [0.05, 0.1) is 18.6 Å². The van der Waals surface area contributed by atoms with E-state index in [1.807, 2.05) is 0 Å². The average molecular weight is 485 g/mol. The van der Waals surface area contributed by atoms with Crippen LogP contribution in [0.2, 0.25) is 0 Å². The number of carbonyl (C=O) groups is 1. The van der Waals surface area contributed by atoms with Gasteiger partial charge in [0, 0.05) is 5.41 Å². The second-order valence-electron chi connectivity index (χ2n) is 15.9. The second-order valence-corrected chi connectivity index (χ2v) is 15.9. The average Bonchev–Trinajstić information content (AvgIpc) is 2.76. The number of aliphatic hydroxyl groups excluding tert-OH is 1. The molecule has 0 amide bonds. The number of hydrogen-bond acceptors (Lipinski definition) is 3. The fraction of sp³-hybridized carbons (Fsp3) is 0.906. The predicted octanol–water partition coefficient (Wildman–Crippen LogP) is 7.71. The Hall–Kier alpha value is -0.830. The first-order valence-electron chi connectivity index (χ1n) is 14.5. The van der Waals surface area contributed by atoms with Crippen LogP contribution in [0.25, 0.3) is 0 Å². The molecule has 4 saturated carbocycles. The normalized spacial score (nSPS) is 52.2. The summed E-state index contributed by atoms with van der Waals surface area (Å²) >= 11 is 0. The molecule has 198 valence electrons. The Labute approximate surface area is 214 Å². The van der Waals surface area contributed by atoms with Gasteiger partial charge in [-0.3, -0.25) is 4.79 Å². The lowest BCUT2D eigenvalue weighted by Gasteiger charge is -2.73. The van der Waals surface area contributed by atoms with E-state index in [-0.39, 0.29) is 50.0 Å². The maximum atomic E-state index is 13.5. The maximum Gasteiger partial charge on any atom is 0.312 e. The van der Waals surface area contributed by atoms with Crippen molar-refractivity contribution in [3.05, 3.63) is 11.6 Å². The second kappa shape index (κ2) is 7.39. The summed E-state index contributed by atoms with van der Waals surface area (Å²) in [5, 5.41) is 10.9. The minimum atomic E-state index is -0.385. The zero-order valence-electron chi connectivity index (χ0n) is 24.1. The number of aliphatic hydroxyl groups is 1. The van der Waals surface area contributed by atoms with Gasteiger partial charge >= 0.3 is 5.97 Å². The fourth-order valence-electron chi connectivity index (χ4n) is 11.6. The molecule has 5 aliphatic rings. The van der Waals surface area contributed by atoms with Crippen molar-refractivity contribution < 1.29 is 14.6 Å². The molecular weight excluding hydrogens is 432 g/mol. The molecule has 5 rings (SSSR count). The molecule has 8 atom stereocenters. The minimum Gasteiger partial charge on any atom is -0.469 e. The third-order valence-electron chi connectivity index (χ3n) is 13.8. The number of rotatable bonds is 1. The van der Waals surface area contributed by atoms with E-state index >= 15 is 0 Å². The zero-order chi connectivity index (χ0) is 25.9. The van der Waals surface area contributed by atoms with Crippen LogP contribution >= 0.6 is 0 Å². The van der Waals surface area contributed by atoms with Gasteiger partial charge in [-0.1, -0.05) is 67.0 Å². The number of ether oxygens (including phenoxy) is 1. The summed E-state index contributed by atoms with van der Waals surface area (Å²) in [5.74, 6) is 1.22. The highest BCUT2D eigenvalue weighted by Crippen LogP contribution is 2.78. The molecule has 0 aromatic carbocycles. The van der Waals surface area contributed by atoms with Crippen LogP contribution in [-0.2, 0) is 9.53 Å². The molecule has 3 heteroatoms. The van der Waals surface area contributed by atoms with Gasteiger partial charge in [-0.2, -0.15) is 0 Å². The van der Waals surface area contributed by atoms with Crippen LogP contribution in [0, 0.1) is 49.7 Å². The van der Waals surface area contributed by atoms with Crippen LogP contribution in [0.4, 0.5) is 0 Å². The Morgan fingerprint density at radius 2 is 1.51 bits per heavy atom. The van der Waals surface area contributed by atoms with Crippen molar-refractivity contribution in [2.75, 3.05) is 7.11 Å². The molecule has 8 unspecified atom stereocenters. The summed E-state index contributed by atoms with van der Waals surface area (Å²) in [6.45, 7) is 19.7. The Morgan fingerprint density at radius 3 is 2.17 bits per heavy atom. The summed E-state index contributed by atoms with van der Waals surface area (Å²) in [5.41, 5.74) is 1.83. The third-order valence-corrected chi connectivity index (χ3v) is 13.8. The van der Waals surface area contributed by atoms with Gasteiger partial charge in [-0.05, 0) is 103 Å². The topological polar surface area (TPSA) is 46.5 Å². The maximum absolute atomic E-state index is 13.5. The Kier molecular flexibility index (Phi) is 5.45. The van der Waals surface area contributed by atoms with Gasteiger partial charge in [0.25, 0.3) is 0 Å². The van der Waals surface area contributed by atoms with Crippen molar-refractivity contribution in [3.63, 3.8) is 0 Å². The molecular formula is C32H52O3. The lowest BCUT2D eigenvalue weighted by Crippen LogP contribution is -2.67. The largest absolute Gasteiger partial charge is 0.469 e. The Bertz CT molecular complexity index is 946. The molecule has 0 aromatic rings. The van der Waals surface area contributed by atoms with Gasteiger partial charge in [0.2, 0.25) is 0 Å². The molecule has 0 saturated heterocycles. The monoisotopic (exact) mass is 484 g/mol. The molecule has 0 aromatic heterocycles. The summed E-state index contributed by atoms with van der Waals surface area (Å²) < 4.78 is 5.56. The lowest BCUT2D eigenvalue weighted by molar-refractivity contribution is -0.213. The van der Waals surface area contributed by atoms with Gasteiger partial charge in [0.15, 0.2) is 0 Å². The smallest absolute Gasteiger partial charge is 0.312 e. The Morgan fingerprint density at radius 1 is 0.857 bits per heavy atom. The van der Waals surface area contributed by atoms with E-state index in [0.29, 0.717) is 11.8 Å². The van der Waals surface area contributed by atoms with Crippen LogP contribution in [0.1, 0.15) is 120 Å². The van der Waals surface area contributed by atoms with Crippen molar-refractivity contribution in [3.8, 4) is 0 Å². The van der Waals surface area contributed by atoms with Crippen molar-refractivity contribution in [2.24, 2.45) is 49.7 Å². The zero-order valence-corrected chi connectivity index (χ0v) is 24.1. The summed E-state index contributed by atoms with van der Waals surface area (Å²) in [6, 6.07) is 0. The SMILES string of the molecule is COC(=O)C12CCC(C)(C)CC1(C)C1=CCC3C4(C)CCC(O)C(C)(C)C4CCC3(C)C1(C)CC2. The number of carbonyl (C=O) groups excluding carboxylic acids is 1. The molecule has 5 aliphatic carbocycles. The number of allylic oxidation sites excluding steroid dienone is 2. The fourth-order valence-corrected chi connectivity index (χ4v) is 11.6. The number of fused-ring (bicyclic) bond motifs is 7. The highest BCUT2D eigenvalue weighted by Gasteiger charge is 2.72. The van der Waals surface area contributed by atoms with Crippen molar-refractivity contribution in [2.45, 2.75) is 126 Å². The molecule has 0 aliphatic heterocycles. The molecule has 0 radical (unpaired) electrons. The quantitative estimate of drug-likeness (QED) is 0.306. The lowest BCUT2D eigenvalue weighted by atomic mass is 9.31. The molecule has 1 N–H and O–H groups in total. The number of hydrogen-bond donors (Lipinski definition) is 1. The molecule has 3 nitrogen and oxygen atoms in total. The standard InChI is InChI=1S/C32H52O3/c1-26(2)16-18-32(25(34)35-9)19-17-30(7)23(31(32,8)20-26)11-10-22-28(5)14-13-24(33)27(3,4)21(28)12-15-29(22,30)6/h11,21-22,24,33H,10,12-20H2,1-9H3. The van der Waals surface area contributed by atoms with E-state index in [9.17, 15) is 9.90 Å². The highest BCUT2D eigenvalue weighted by molar-refractivity contribution is 5.79. The third kappa shape index (κ3) is 2.97. The van der Waals surface area contributed by atoms with Crippen LogP contribution in [0.3, 0.4) is 0 Å². The van der Waals surface area contributed by atoms with Crippen molar-refractivity contribution in [1.29, 1.82) is 0 Å². The highest BCUT2D eigenvalue weighted by atomic mass is 16.5. The van der Waals surface area contributed by atoms with E-state index in [1.54, 1.807) is 12.7 Å². The number of esters is 1. The molecule has 4 fully saturated rings. The van der Waals surface area contributed by atoms with E-state index in [0.717, 1.165) is 51.4 Å². The van der Waals surface area contributed by atoms with Gasteiger partial charge in [0.1, 0.15) is 0 Å². The first-order chi connectivity index (χ1) is 16.0. The Balaban J connectivity index is 1.64. The summed E-state index contributed by atoms with van der Waals surface area (Å²) in [6.07, 6.45) is 13.2. The van der Waals surface area contributed by atoms with E-state index in [2.05, 4.69) is 61.5 Å².